The molecule has 0 heterocycles. The molecule has 21 heavy (non-hydrogen) atoms. The Morgan fingerprint density at radius 2 is 1.86 bits per heavy atom. The number of nitrogens with zero attached hydrogens (tertiary/aromatic N) is 2. The third-order valence-electron chi connectivity index (χ3n) is 6.12. The van der Waals surface area contributed by atoms with E-state index in [1.165, 1.54) is 18.6 Å². The Labute approximate surface area is 126 Å². The fraction of sp³-hybridized carbons (Fsp3) is 0.556. The van der Waals surface area contributed by atoms with Gasteiger partial charge in [0.25, 0.3) is 0 Å². The standard InChI is InChI=1S/C18H24N2O/c1-12(13-5-7-15(21)8-6-13)19-20-16-11-14-9-10-18(16,4)17(14,2)3/h5-8,14,21H,9-11H2,1-4H3/b19-12+,20-16+. The van der Waals surface area contributed by atoms with Gasteiger partial charge in [0.1, 0.15) is 5.75 Å². The highest BCUT2D eigenvalue weighted by atomic mass is 16.3. The normalized spacial score (nSPS) is 32.9. The smallest absolute Gasteiger partial charge is 0.115 e. The van der Waals surface area contributed by atoms with Crippen LogP contribution >= 0.6 is 0 Å². The fourth-order valence-corrected chi connectivity index (χ4v) is 3.98. The Kier molecular flexibility index (Phi) is 3.19. The first-order chi connectivity index (χ1) is 9.84. The van der Waals surface area contributed by atoms with Gasteiger partial charge < -0.3 is 5.11 Å². The lowest BCUT2D eigenvalue weighted by Crippen LogP contribution is -2.32. The zero-order valence-corrected chi connectivity index (χ0v) is 13.3. The summed E-state index contributed by atoms with van der Waals surface area (Å²) in [5, 5.41) is 18.4. The van der Waals surface area contributed by atoms with Crippen LogP contribution in [0, 0.1) is 16.7 Å². The lowest BCUT2D eigenvalue weighted by Gasteiger charge is -2.34. The molecule has 0 amide bonds. The molecule has 2 saturated carbocycles. The summed E-state index contributed by atoms with van der Waals surface area (Å²) in [4.78, 5) is 0. The largest absolute Gasteiger partial charge is 0.508 e. The summed E-state index contributed by atoms with van der Waals surface area (Å²) in [6, 6.07) is 7.12. The first kappa shape index (κ1) is 14.3. The van der Waals surface area contributed by atoms with Crippen molar-refractivity contribution in [3.05, 3.63) is 29.8 Å². The summed E-state index contributed by atoms with van der Waals surface area (Å²) >= 11 is 0. The molecule has 2 fully saturated rings. The van der Waals surface area contributed by atoms with E-state index in [0.717, 1.165) is 23.6 Å². The van der Waals surface area contributed by atoms with E-state index in [1.807, 2.05) is 19.1 Å². The summed E-state index contributed by atoms with van der Waals surface area (Å²) in [6.07, 6.45) is 3.65. The molecule has 2 atom stereocenters. The molecule has 2 bridgehead atoms. The first-order valence-corrected chi connectivity index (χ1v) is 7.75. The molecule has 2 unspecified atom stereocenters. The van der Waals surface area contributed by atoms with Crippen LogP contribution in [-0.2, 0) is 0 Å². The van der Waals surface area contributed by atoms with E-state index in [-0.39, 0.29) is 11.2 Å². The molecule has 0 aliphatic heterocycles. The van der Waals surface area contributed by atoms with Gasteiger partial charge in [-0.3, -0.25) is 0 Å². The van der Waals surface area contributed by atoms with E-state index in [9.17, 15) is 5.11 Å². The second kappa shape index (κ2) is 4.69. The molecule has 2 aliphatic carbocycles. The summed E-state index contributed by atoms with van der Waals surface area (Å²) < 4.78 is 0. The third-order valence-corrected chi connectivity index (χ3v) is 6.12. The first-order valence-electron chi connectivity index (χ1n) is 7.75. The average molecular weight is 284 g/mol. The van der Waals surface area contributed by atoms with E-state index in [4.69, 9.17) is 0 Å². The number of fused-ring (bicyclic) bond motifs is 2. The molecule has 1 aromatic rings. The Hall–Kier alpha value is -1.64. The van der Waals surface area contributed by atoms with Crippen molar-refractivity contribution < 1.29 is 5.11 Å². The van der Waals surface area contributed by atoms with E-state index >= 15 is 0 Å². The van der Waals surface area contributed by atoms with Crippen molar-refractivity contribution in [1.29, 1.82) is 0 Å². The summed E-state index contributed by atoms with van der Waals surface area (Å²) in [5.41, 5.74) is 3.71. The summed E-state index contributed by atoms with van der Waals surface area (Å²) in [6.45, 7) is 9.08. The minimum atomic E-state index is 0.205. The second-order valence-corrected chi connectivity index (χ2v) is 7.27. The molecule has 112 valence electrons. The molecule has 1 N–H and O–H groups in total. The van der Waals surface area contributed by atoms with Crippen LogP contribution in [0.25, 0.3) is 0 Å². The van der Waals surface area contributed by atoms with Gasteiger partial charge in [-0.2, -0.15) is 10.2 Å². The molecule has 0 saturated heterocycles. The summed E-state index contributed by atoms with van der Waals surface area (Å²) in [5.74, 6) is 1.03. The maximum Gasteiger partial charge on any atom is 0.115 e. The van der Waals surface area contributed by atoms with Crippen LogP contribution in [0.1, 0.15) is 52.5 Å². The predicted molar refractivity (Wildman–Crippen MR) is 87.0 cm³/mol. The van der Waals surface area contributed by atoms with Crippen molar-refractivity contribution in [2.45, 2.75) is 47.0 Å². The van der Waals surface area contributed by atoms with E-state index < -0.39 is 0 Å². The number of phenols is 1. The Morgan fingerprint density at radius 3 is 2.38 bits per heavy atom. The van der Waals surface area contributed by atoms with Crippen molar-refractivity contribution in [3.63, 3.8) is 0 Å². The molecular weight excluding hydrogens is 260 g/mol. The van der Waals surface area contributed by atoms with Gasteiger partial charge in [-0.1, -0.05) is 20.8 Å². The Bertz CT molecular complexity index is 613. The van der Waals surface area contributed by atoms with Crippen LogP contribution in [-0.4, -0.2) is 16.5 Å². The van der Waals surface area contributed by atoms with Gasteiger partial charge in [0, 0.05) is 11.1 Å². The van der Waals surface area contributed by atoms with Crippen molar-refractivity contribution in [3.8, 4) is 5.75 Å². The van der Waals surface area contributed by atoms with Gasteiger partial charge >= 0.3 is 0 Å². The summed E-state index contributed by atoms with van der Waals surface area (Å²) in [7, 11) is 0. The van der Waals surface area contributed by atoms with Crippen molar-refractivity contribution in [2.75, 3.05) is 0 Å². The van der Waals surface area contributed by atoms with Crippen molar-refractivity contribution in [1.82, 2.24) is 0 Å². The third kappa shape index (κ3) is 2.10. The predicted octanol–water partition coefficient (Wildman–Crippen LogP) is 4.40. The number of hydrogen-bond acceptors (Lipinski definition) is 3. The molecule has 3 rings (SSSR count). The minimum absolute atomic E-state index is 0.205. The van der Waals surface area contributed by atoms with Crippen LogP contribution in [0.4, 0.5) is 0 Å². The number of hydrogen-bond donors (Lipinski definition) is 1. The Balaban J connectivity index is 1.87. The van der Waals surface area contributed by atoms with Gasteiger partial charge in [-0.25, -0.2) is 0 Å². The average Bonchev–Trinajstić information content (AvgIpc) is 2.78. The highest BCUT2D eigenvalue weighted by Crippen LogP contribution is 2.63. The van der Waals surface area contributed by atoms with E-state index in [1.54, 1.807) is 12.1 Å². The lowest BCUT2D eigenvalue weighted by atomic mass is 9.70. The zero-order chi connectivity index (χ0) is 15.3. The SMILES string of the molecule is C/C(=N\N=C1/CC2CCC1(C)C2(C)C)c1ccc(O)cc1. The fourth-order valence-electron chi connectivity index (χ4n) is 3.98. The Morgan fingerprint density at radius 1 is 1.19 bits per heavy atom. The molecular formula is C18H24N2O. The number of benzene rings is 1. The van der Waals surface area contributed by atoms with E-state index in [2.05, 4.69) is 31.0 Å². The second-order valence-electron chi connectivity index (χ2n) is 7.27. The van der Waals surface area contributed by atoms with Gasteiger partial charge in [0.05, 0.1) is 5.71 Å². The zero-order valence-electron chi connectivity index (χ0n) is 13.3. The quantitative estimate of drug-likeness (QED) is 0.635. The molecule has 0 radical (unpaired) electrons. The van der Waals surface area contributed by atoms with Crippen LogP contribution < -0.4 is 0 Å². The molecule has 3 nitrogen and oxygen atoms in total. The van der Waals surface area contributed by atoms with Crippen LogP contribution in [0.15, 0.2) is 34.5 Å². The molecule has 3 heteroatoms. The molecule has 0 aromatic heterocycles. The van der Waals surface area contributed by atoms with Gasteiger partial charge in [0.15, 0.2) is 0 Å². The molecule has 0 spiro atoms. The maximum absolute atomic E-state index is 9.34. The monoisotopic (exact) mass is 284 g/mol. The van der Waals surface area contributed by atoms with E-state index in [0.29, 0.717) is 5.41 Å². The van der Waals surface area contributed by atoms with Crippen LogP contribution in [0.5, 0.6) is 5.75 Å². The number of aromatic hydroxyl groups is 1. The highest BCUT2D eigenvalue weighted by molar-refractivity contribution is 6.00. The van der Waals surface area contributed by atoms with Crippen LogP contribution in [0.3, 0.4) is 0 Å². The van der Waals surface area contributed by atoms with Crippen molar-refractivity contribution in [2.24, 2.45) is 27.0 Å². The number of rotatable bonds is 2. The van der Waals surface area contributed by atoms with Gasteiger partial charge in [0.2, 0.25) is 0 Å². The number of phenolic OH excluding ortho intramolecular Hbond substituents is 1. The maximum atomic E-state index is 9.34. The molecule has 2 aliphatic rings. The molecule has 1 aromatic carbocycles. The van der Waals surface area contributed by atoms with Crippen molar-refractivity contribution >= 4 is 11.4 Å². The van der Waals surface area contributed by atoms with Crippen LogP contribution in [0.2, 0.25) is 0 Å². The lowest BCUT2D eigenvalue weighted by molar-refractivity contribution is 0.194. The topological polar surface area (TPSA) is 45.0 Å². The minimum Gasteiger partial charge on any atom is -0.508 e. The highest BCUT2D eigenvalue weighted by Gasteiger charge is 2.59. The van der Waals surface area contributed by atoms with Gasteiger partial charge in [-0.15, -0.1) is 0 Å². The van der Waals surface area contributed by atoms with Gasteiger partial charge in [-0.05, 0) is 67.3 Å².